The number of hydrogen-bond donors (Lipinski definition) is 1. The van der Waals surface area contributed by atoms with Gasteiger partial charge in [-0.25, -0.2) is 4.98 Å². The number of fused-ring (bicyclic) bond motifs is 2. The second kappa shape index (κ2) is 10.1. The van der Waals surface area contributed by atoms with E-state index in [0.29, 0.717) is 15.2 Å². The number of hydrogen-bond acceptors (Lipinski definition) is 4. The summed E-state index contributed by atoms with van der Waals surface area (Å²) in [6.07, 6.45) is 7.26. The standard InChI is InChI=1S/C28H28Cl3N3O/c1-19-4-7-25-22(15-19)28(18-34(25)27(35)21-8-11-32-26(31)17-21)9-13-33(14-10-28)12-2-3-20-5-6-23(29)24(30)16-20/h2-8,11,15-17,27,35H,9-10,12-14,18H2,1H3. The maximum absolute atomic E-state index is 11.3. The van der Waals surface area contributed by atoms with Gasteiger partial charge in [0.25, 0.3) is 0 Å². The van der Waals surface area contributed by atoms with Gasteiger partial charge in [-0.3, -0.25) is 4.90 Å². The number of aliphatic hydroxyl groups is 1. The molecule has 0 bridgehead atoms. The second-order valence-electron chi connectivity index (χ2n) is 9.59. The molecular weight excluding hydrogens is 501 g/mol. The maximum Gasteiger partial charge on any atom is 0.153 e. The van der Waals surface area contributed by atoms with Crippen LogP contribution in [0, 0.1) is 6.92 Å². The molecule has 2 aliphatic rings. The second-order valence-corrected chi connectivity index (χ2v) is 10.8. The van der Waals surface area contributed by atoms with Crippen LogP contribution in [0.25, 0.3) is 6.08 Å². The number of nitrogens with zero attached hydrogens (tertiary/aromatic N) is 3. The summed E-state index contributed by atoms with van der Waals surface area (Å²) in [5.41, 5.74) is 5.56. The molecule has 1 unspecified atom stereocenters. The van der Waals surface area contributed by atoms with Gasteiger partial charge in [0, 0.05) is 36.0 Å². The highest BCUT2D eigenvalue weighted by Crippen LogP contribution is 2.49. The zero-order valence-electron chi connectivity index (χ0n) is 19.6. The number of halogens is 3. The Morgan fingerprint density at radius 2 is 1.83 bits per heavy atom. The number of piperidine rings is 1. The fourth-order valence-electron chi connectivity index (χ4n) is 5.34. The van der Waals surface area contributed by atoms with E-state index in [1.165, 1.54) is 11.1 Å². The molecule has 0 saturated carbocycles. The molecule has 3 heterocycles. The number of anilines is 1. The Kier molecular flexibility index (Phi) is 7.11. The van der Waals surface area contributed by atoms with Gasteiger partial charge in [0.1, 0.15) is 5.15 Å². The summed E-state index contributed by atoms with van der Waals surface area (Å²) in [6, 6.07) is 15.8. The summed E-state index contributed by atoms with van der Waals surface area (Å²) >= 11 is 18.3. The molecule has 2 aliphatic heterocycles. The zero-order chi connectivity index (χ0) is 24.6. The van der Waals surface area contributed by atoms with Crippen LogP contribution in [0.2, 0.25) is 15.2 Å². The van der Waals surface area contributed by atoms with Crippen molar-refractivity contribution in [3.8, 4) is 0 Å². The predicted molar refractivity (Wildman–Crippen MR) is 146 cm³/mol. The van der Waals surface area contributed by atoms with Crippen molar-refractivity contribution >= 4 is 46.6 Å². The third-order valence-electron chi connectivity index (χ3n) is 7.28. The zero-order valence-corrected chi connectivity index (χ0v) is 21.9. The topological polar surface area (TPSA) is 39.6 Å². The molecule has 1 N–H and O–H groups in total. The third-order valence-corrected chi connectivity index (χ3v) is 8.23. The van der Waals surface area contributed by atoms with Crippen molar-refractivity contribution in [1.82, 2.24) is 9.88 Å². The average Bonchev–Trinajstić information content (AvgIpc) is 3.15. The van der Waals surface area contributed by atoms with E-state index >= 15 is 0 Å². The average molecular weight is 529 g/mol. The van der Waals surface area contributed by atoms with Gasteiger partial charge >= 0.3 is 0 Å². The van der Waals surface area contributed by atoms with Gasteiger partial charge in [-0.05, 0) is 74.3 Å². The van der Waals surface area contributed by atoms with Gasteiger partial charge in [-0.1, -0.05) is 70.7 Å². The molecule has 4 nitrogen and oxygen atoms in total. The van der Waals surface area contributed by atoms with Gasteiger partial charge < -0.3 is 10.0 Å². The van der Waals surface area contributed by atoms with Crippen LogP contribution in [0.5, 0.6) is 0 Å². The number of likely N-dealkylation sites (tertiary alicyclic amines) is 1. The first kappa shape index (κ1) is 24.6. The van der Waals surface area contributed by atoms with Crippen molar-refractivity contribution in [1.29, 1.82) is 0 Å². The van der Waals surface area contributed by atoms with E-state index in [4.69, 9.17) is 34.8 Å². The van der Waals surface area contributed by atoms with E-state index in [-0.39, 0.29) is 5.41 Å². The van der Waals surface area contributed by atoms with Crippen LogP contribution in [0.1, 0.15) is 41.3 Å². The number of aryl methyl sites for hydroxylation is 1. The molecule has 0 amide bonds. The van der Waals surface area contributed by atoms with E-state index in [2.05, 4.69) is 52.1 Å². The van der Waals surface area contributed by atoms with E-state index in [1.807, 2.05) is 24.3 Å². The number of aliphatic hydroxyl groups excluding tert-OH is 1. The lowest BCUT2D eigenvalue weighted by Crippen LogP contribution is -2.45. The molecule has 1 saturated heterocycles. The first-order valence-corrected chi connectivity index (χ1v) is 13.0. The molecule has 3 aromatic rings. The van der Waals surface area contributed by atoms with Crippen LogP contribution in [0.3, 0.4) is 0 Å². The Bertz CT molecular complexity index is 1250. The molecule has 0 radical (unpaired) electrons. The Morgan fingerprint density at radius 3 is 2.57 bits per heavy atom. The molecular formula is C28H28Cl3N3O. The number of rotatable bonds is 5. The largest absolute Gasteiger partial charge is 0.369 e. The molecule has 5 rings (SSSR count). The summed E-state index contributed by atoms with van der Waals surface area (Å²) in [6.45, 7) is 5.82. The third kappa shape index (κ3) is 5.09. The minimum atomic E-state index is -0.761. The lowest BCUT2D eigenvalue weighted by Gasteiger charge is -2.40. The maximum atomic E-state index is 11.3. The van der Waals surface area contributed by atoms with Crippen molar-refractivity contribution in [3.05, 3.63) is 98.3 Å². The minimum absolute atomic E-state index is 0.0308. The predicted octanol–water partition coefficient (Wildman–Crippen LogP) is 6.91. The van der Waals surface area contributed by atoms with Crippen LogP contribution in [-0.2, 0) is 5.41 Å². The first-order chi connectivity index (χ1) is 16.8. The highest BCUT2D eigenvalue weighted by Gasteiger charge is 2.46. The van der Waals surface area contributed by atoms with Crippen molar-refractivity contribution in [2.24, 2.45) is 0 Å². The Morgan fingerprint density at radius 1 is 1.03 bits per heavy atom. The van der Waals surface area contributed by atoms with E-state index in [1.54, 1.807) is 12.3 Å². The van der Waals surface area contributed by atoms with Crippen molar-refractivity contribution < 1.29 is 5.11 Å². The Balaban J connectivity index is 1.30. The molecule has 1 spiro atoms. The summed E-state index contributed by atoms with van der Waals surface area (Å²) in [5, 5.41) is 12.8. The number of benzene rings is 2. The molecule has 1 aromatic heterocycles. The van der Waals surface area contributed by atoms with E-state index in [0.717, 1.165) is 55.8 Å². The monoisotopic (exact) mass is 527 g/mol. The Hall–Kier alpha value is -2.08. The molecule has 0 aliphatic carbocycles. The van der Waals surface area contributed by atoms with Crippen LogP contribution in [0.15, 0.2) is 60.8 Å². The highest BCUT2D eigenvalue weighted by atomic mass is 35.5. The van der Waals surface area contributed by atoms with Gasteiger partial charge in [-0.2, -0.15) is 0 Å². The Labute approximate surface area is 221 Å². The molecule has 1 atom stereocenters. The van der Waals surface area contributed by atoms with Crippen LogP contribution >= 0.6 is 34.8 Å². The van der Waals surface area contributed by atoms with Crippen LogP contribution < -0.4 is 4.90 Å². The van der Waals surface area contributed by atoms with Crippen LogP contribution in [0.4, 0.5) is 5.69 Å². The highest BCUT2D eigenvalue weighted by molar-refractivity contribution is 6.42. The van der Waals surface area contributed by atoms with Crippen LogP contribution in [-0.4, -0.2) is 41.2 Å². The molecule has 2 aromatic carbocycles. The normalized spacial score (nSPS) is 18.4. The van der Waals surface area contributed by atoms with Gasteiger partial charge in [0.2, 0.25) is 0 Å². The number of pyridine rings is 1. The minimum Gasteiger partial charge on any atom is -0.369 e. The van der Waals surface area contributed by atoms with Gasteiger partial charge in [0.15, 0.2) is 6.23 Å². The summed E-state index contributed by atoms with van der Waals surface area (Å²) in [4.78, 5) is 8.67. The van der Waals surface area contributed by atoms with Gasteiger partial charge in [0.05, 0.1) is 10.0 Å². The SMILES string of the molecule is Cc1ccc2c(c1)C1(CCN(CC=Cc3ccc(Cl)c(Cl)c3)CC1)CN2C(O)c1ccnc(Cl)c1. The molecule has 7 heteroatoms. The summed E-state index contributed by atoms with van der Waals surface area (Å²) in [7, 11) is 0. The van der Waals surface area contributed by atoms with E-state index < -0.39 is 6.23 Å². The lowest BCUT2D eigenvalue weighted by molar-refractivity contribution is 0.147. The van der Waals surface area contributed by atoms with E-state index in [9.17, 15) is 5.11 Å². The lowest BCUT2D eigenvalue weighted by atomic mass is 9.74. The summed E-state index contributed by atoms with van der Waals surface area (Å²) < 4.78 is 0. The van der Waals surface area contributed by atoms with Crippen molar-refractivity contribution in [2.75, 3.05) is 31.1 Å². The summed E-state index contributed by atoms with van der Waals surface area (Å²) in [5.74, 6) is 0. The molecule has 182 valence electrons. The fourth-order valence-corrected chi connectivity index (χ4v) is 5.83. The fraction of sp³-hybridized carbons (Fsp3) is 0.321. The quantitative estimate of drug-likeness (QED) is 0.365. The first-order valence-electron chi connectivity index (χ1n) is 11.9. The van der Waals surface area contributed by atoms with Gasteiger partial charge in [-0.15, -0.1) is 0 Å². The number of aromatic nitrogens is 1. The smallest absolute Gasteiger partial charge is 0.153 e. The van der Waals surface area contributed by atoms with Crippen molar-refractivity contribution in [2.45, 2.75) is 31.4 Å². The molecule has 35 heavy (non-hydrogen) atoms. The molecule has 1 fully saturated rings. The van der Waals surface area contributed by atoms with Crippen molar-refractivity contribution in [3.63, 3.8) is 0 Å².